The molecule has 1 aliphatic rings. The fourth-order valence-corrected chi connectivity index (χ4v) is 3.18. The quantitative estimate of drug-likeness (QED) is 0.747. The molecule has 0 N–H and O–H groups in total. The van der Waals surface area contributed by atoms with Crippen molar-refractivity contribution in [1.82, 2.24) is 4.98 Å². The average Bonchev–Trinajstić information content (AvgIpc) is 2.54. The van der Waals surface area contributed by atoms with Crippen molar-refractivity contribution in [3.63, 3.8) is 0 Å². The predicted octanol–water partition coefficient (Wildman–Crippen LogP) is 4.11. The molecule has 2 heteroatoms. The fraction of sp³-hybridized carbons (Fsp3) is 0.353. The summed E-state index contributed by atoms with van der Waals surface area (Å²) < 4.78 is 13.6. The van der Waals surface area contributed by atoms with Crippen LogP contribution in [0.25, 0.3) is 0 Å². The smallest absolute Gasteiger partial charge is 0.123 e. The molecule has 0 radical (unpaired) electrons. The Morgan fingerprint density at radius 3 is 2.58 bits per heavy atom. The van der Waals surface area contributed by atoms with E-state index in [4.69, 9.17) is 0 Å². The fourth-order valence-electron chi connectivity index (χ4n) is 3.18. The Kier molecular flexibility index (Phi) is 3.09. The van der Waals surface area contributed by atoms with E-state index in [1.807, 2.05) is 18.5 Å². The van der Waals surface area contributed by atoms with Crippen LogP contribution in [0.5, 0.6) is 0 Å². The summed E-state index contributed by atoms with van der Waals surface area (Å²) in [4.78, 5) is 4.27. The number of benzene rings is 1. The molecule has 1 atom stereocenters. The third kappa shape index (κ3) is 2.16. The number of aryl methyl sites for hydroxylation is 2. The summed E-state index contributed by atoms with van der Waals surface area (Å²) in [5.74, 6) is 0.537. The first-order chi connectivity index (χ1) is 9.16. The zero-order valence-electron chi connectivity index (χ0n) is 11.4. The van der Waals surface area contributed by atoms with Gasteiger partial charge in [0, 0.05) is 18.3 Å². The zero-order valence-corrected chi connectivity index (χ0v) is 11.4. The minimum atomic E-state index is -0.142. The Labute approximate surface area is 113 Å². The van der Waals surface area contributed by atoms with Crippen molar-refractivity contribution < 1.29 is 4.39 Å². The Balaban J connectivity index is 2.23. The first kappa shape index (κ1) is 12.3. The molecule has 19 heavy (non-hydrogen) atoms. The van der Waals surface area contributed by atoms with E-state index in [0.29, 0.717) is 5.92 Å². The van der Waals surface area contributed by atoms with E-state index in [9.17, 15) is 4.39 Å². The van der Waals surface area contributed by atoms with Crippen LogP contribution < -0.4 is 0 Å². The maximum atomic E-state index is 13.6. The second-order valence-electron chi connectivity index (χ2n) is 5.64. The molecular weight excluding hydrogens is 237 g/mol. The van der Waals surface area contributed by atoms with E-state index in [1.54, 1.807) is 12.1 Å². The van der Waals surface area contributed by atoms with Crippen molar-refractivity contribution in [1.29, 1.82) is 0 Å². The van der Waals surface area contributed by atoms with Gasteiger partial charge in [0.2, 0.25) is 0 Å². The topological polar surface area (TPSA) is 12.9 Å². The highest BCUT2D eigenvalue weighted by atomic mass is 19.1. The largest absolute Gasteiger partial charge is 0.264 e. The molecule has 1 aliphatic carbocycles. The summed E-state index contributed by atoms with van der Waals surface area (Å²) in [6, 6.07) is 7.33. The summed E-state index contributed by atoms with van der Waals surface area (Å²) in [6.45, 7) is 4.39. The van der Waals surface area contributed by atoms with Crippen LogP contribution in [0.2, 0.25) is 0 Å². The Hall–Kier alpha value is -1.70. The van der Waals surface area contributed by atoms with E-state index in [1.165, 1.54) is 16.7 Å². The molecule has 2 aromatic rings. The van der Waals surface area contributed by atoms with Gasteiger partial charge in [0.15, 0.2) is 0 Å². The predicted molar refractivity (Wildman–Crippen MR) is 74.7 cm³/mol. The van der Waals surface area contributed by atoms with Crippen molar-refractivity contribution in [2.45, 2.75) is 32.6 Å². The Bertz CT molecular complexity index is 604. The molecule has 0 fully saturated rings. The van der Waals surface area contributed by atoms with Gasteiger partial charge in [-0.2, -0.15) is 0 Å². The lowest BCUT2D eigenvalue weighted by atomic mass is 9.81. The highest BCUT2D eigenvalue weighted by Crippen LogP contribution is 2.38. The lowest BCUT2D eigenvalue weighted by Gasteiger charge is -2.23. The van der Waals surface area contributed by atoms with E-state index < -0.39 is 0 Å². The van der Waals surface area contributed by atoms with Crippen molar-refractivity contribution in [2.24, 2.45) is 5.92 Å². The maximum Gasteiger partial charge on any atom is 0.123 e. The molecule has 1 aromatic carbocycles. The van der Waals surface area contributed by atoms with Gasteiger partial charge in [0.1, 0.15) is 5.82 Å². The van der Waals surface area contributed by atoms with E-state index in [-0.39, 0.29) is 11.7 Å². The van der Waals surface area contributed by atoms with E-state index >= 15 is 0 Å². The normalized spacial score (nSPS) is 17.8. The van der Waals surface area contributed by atoms with Crippen molar-refractivity contribution >= 4 is 0 Å². The van der Waals surface area contributed by atoms with Crippen LogP contribution in [0.15, 0.2) is 36.7 Å². The molecule has 98 valence electrons. The van der Waals surface area contributed by atoms with E-state index in [2.05, 4.69) is 24.9 Å². The highest BCUT2D eigenvalue weighted by molar-refractivity contribution is 5.44. The van der Waals surface area contributed by atoms with Gasteiger partial charge in [0.05, 0.1) is 0 Å². The first-order valence-corrected chi connectivity index (χ1v) is 6.88. The molecular formula is C17H18FN. The van der Waals surface area contributed by atoms with Crippen LogP contribution in [-0.4, -0.2) is 4.98 Å². The molecule has 1 heterocycles. The molecule has 0 saturated heterocycles. The number of pyridine rings is 1. The minimum Gasteiger partial charge on any atom is -0.264 e. The zero-order chi connectivity index (χ0) is 13.4. The van der Waals surface area contributed by atoms with Gasteiger partial charge in [-0.15, -0.1) is 0 Å². The Morgan fingerprint density at radius 2 is 1.84 bits per heavy atom. The van der Waals surface area contributed by atoms with Crippen LogP contribution >= 0.6 is 0 Å². The van der Waals surface area contributed by atoms with Crippen LogP contribution in [0.3, 0.4) is 0 Å². The summed E-state index contributed by atoms with van der Waals surface area (Å²) in [5.41, 5.74) is 5.03. The second kappa shape index (κ2) is 4.76. The standard InChI is InChI=1S/C17H18FN/c1-11(2)17-15-9-14(18)6-5-12(15)3-4-13-7-8-19-10-16(13)17/h5-11,17H,3-4H2,1-2H3. The lowest BCUT2D eigenvalue weighted by molar-refractivity contribution is 0.553. The molecule has 0 amide bonds. The van der Waals surface area contributed by atoms with Crippen molar-refractivity contribution in [3.8, 4) is 0 Å². The van der Waals surface area contributed by atoms with Gasteiger partial charge >= 0.3 is 0 Å². The molecule has 1 unspecified atom stereocenters. The number of fused-ring (bicyclic) bond motifs is 2. The van der Waals surface area contributed by atoms with Crippen LogP contribution in [-0.2, 0) is 12.8 Å². The first-order valence-electron chi connectivity index (χ1n) is 6.88. The third-order valence-electron chi connectivity index (χ3n) is 4.05. The number of rotatable bonds is 1. The van der Waals surface area contributed by atoms with Gasteiger partial charge in [-0.05, 0) is 59.2 Å². The maximum absolute atomic E-state index is 13.6. The minimum absolute atomic E-state index is 0.142. The van der Waals surface area contributed by atoms with Gasteiger partial charge in [-0.3, -0.25) is 4.98 Å². The molecule has 0 saturated carbocycles. The molecule has 3 rings (SSSR count). The van der Waals surface area contributed by atoms with Crippen LogP contribution in [0.1, 0.15) is 42.0 Å². The molecule has 1 aromatic heterocycles. The average molecular weight is 255 g/mol. The number of halogens is 1. The summed E-state index contributed by atoms with van der Waals surface area (Å²) >= 11 is 0. The van der Waals surface area contributed by atoms with Gasteiger partial charge in [-0.25, -0.2) is 4.39 Å². The number of aromatic nitrogens is 1. The van der Waals surface area contributed by atoms with Crippen molar-refractivity contribution in [2.75, 3.05) is 0 Å². The Morgan fingerprint density at radius 1 is 1.11 bits per heavy atom. The lowest BCUT2D eigenvalue weighted by Crippen LogP contribution is -2.11. The summed E-state index contributed by atoms with van der Waals surface area (Å²) in [6.07, 6.45) is 5.81. The monoisotopic (exact) mass is 255 g/mol. The summed E-state index contributed by atoms with van der Waals surface area (Å²) in [5, 5.41) is 0. The SMILES string of the molecule is CC(C)C1c2cnccc2CCc2ccc(F)cc21. The van der Waals surface area contributed by atoms with Crippen molar-refractivity contribution in [3.05, 3.63) is 64.7 Å². The third-order valence-corrected chi connectivity index (χ3v) is 4.05. The van der Waals surface area contributed by atoms with E-state index in [0.717, 1.165) is 18.4 Å². The number of nitrogens with zero attached hydrogens (tertiary/aromatic N) is 1. The molecule has 0 aliphatic heterocycles. The van der Waals surface area contributed by atoms with Gasteiger partial charge < -0.3 is 0 Å². The second-order valence-corrected chi connectivity index (χ2v) is 5.64. The number of hydrogen-bond acceptors (Lipinski definition) is 1. The molecule has 1 nitrogen and oxygen atoms in total. The van der Waals surface area contributed by atoms with Gasteiger partial charge in [-0.1, -0.05) is 19.9 Å². The number of hydrogen-bond donors (Lipinski definition) is 0. The summed E-state index contributed by atoms with van der Waals surface area (Å²) in [7, 11) is 0. The molecule has 0 bridgehead atoms. The van der Waals surface area contributed by atoms with Gasteiger partial charge in [0.25, 0.3) is 0 Å². The molecule has 0 spiro atoms. The van der Waals surface area contributed by atoms with Crippen LogP contribution in [0.4, 0.5) is 4.39 Å². The van der Waals surface area contributed by atoms with Crippen LogP contribution in [0, 0.1) is 11.7 Å². The highest BCUT2D eigenvalue weighted by Gasteiger charge is 2.26.